The molecule has 1 aliphatic heterocycles. The fourth-order valence-corrected chi connectivity index (χ4v) is 4.72. The van der Waals surface area contributed by atoms with Crippen LogP contribution in [0.1, 0.15) is 17.5 Å². The van der Waals surface area contributed by atoms with E-state index >= 15 is 0 Å². The van der Waals surface area contributed by atoms with Gasteiger partial charge in [-0.15, -0.1) is 0 Å². The quantitative estimate of drug-likeness (QED) is 0.756. The Hall–Kier alpha value is -2.09. The van der Waals surface area contributed by atoms with Gasteiger partial charge in [-0.3, -0.25) is 4.31 Å². The SMILES string of the molecule is Cc1ccc(S(=O)(=O)N2c3ccc(F)cc3CC2CC(F)(F)F)cc1. The number of rotatable bonds is 3. The van der Waals surface area contributed by atoms with Gasteiger partial charge < -0.3 is 0 Å². The molecular formula is C17H15F4NO2S. The lowest BCUT2D eigenvalue weighted by Crippen LogP contribution is -2.40. The predicted octanol–water partition coefficient (Wildman–Crippen LogP) is 4.21. The zero-order chi connectivity index (χ0) is 18.4. The van der Waals surface area contributed by atoms with Gasteiger partial charge in [0.25, 0.3) is 10.0 Å². The van der Waals surface area contributed by atoms with Gasteiger partial charge in [-0.1, -0.05) is 17.7 Å². The fourth-order valence-electron chi connectivity index (χ4n) is 3.04. The number of fused-ring (bicyclic) bond motifs is 1. The lowest BCUT2D eigenvalue weighted by atomic mass is 10.1. The van der Waals surface area contributed by atoms with Gasteiger partial charge in [-0.2, -0.15) is 13.2 Å². The van der Waals surface area contributed by atoms with Crippen LogP contribution < -0.4 is 4.31 Å². The molecule has 0 aromatic heterocycles. The van der Waals surface area contributed by atoms with Crippen LogP contribution in [0.2, 0.25) is 0 Å². The van der Waals surface area contributed by atoms with Gasteiger partial charge >= 0.3 is 6.18 Å². The molecule has 0 saturated carbocycles. The number of alkyl halides is 3. The van der Waals surface area contributed by atoms with Crippen LogP contribution in [0.4, 0.5) is 23.2 Å². The average Bonchev–Trinajstić information content (AvgIpc) is 2.82. The molecule has 134 valence electrons. The highest BCUT2D eigenvalue weighted by atomic mass is 32.2. The maximum Gasteiger partial charge on any atom is 0.391 e. The minimum absolute atomic E-state index is 0.0937. The Labute approximate surface area is 142 Å². The molecule has 0 bridgehead atoms. The zero-order valence-corrected chi connectivity index (χ0v) is 14.0. The highest BCUT2D eigenvalue weighted by Crippen LogP contribution is 2.41. The molecule has 0 N–H and O–H groups in total. The molecule has 0 saturated heterocycles. The Kier molecular flexibility index (Phi) is 4.26. The number of hydrogen-bond donors (Lipinski definition) is 0. The number of benzene rings is 2. The molecule has 1 unspecified atom stereocenters. The first kappa shape index (κ1) is 17.7. The van der Waals surface area contributed by atoms with Gasteiger partial charge in [0.15, 0.2) is 0 Å². The lowest BCUT2D eigenvalue weighted by Gasteiger charge is -2.27. The number of anilines is 1. The first-order valence-corrected chi connectivity index (χ1v) is 8.98. The third-order valence-electron chi connectivity index (χ3n) is 4.11. The minimum atomic E-state index is -4.54. The van der Waals surface area contributed by atoms with Crippen molar-refractivity contribution in [2.24, 2.45) is 0 Å². The summed E-state index contributed by atoms with van der Waals surface area (Å²) < 4.78 is 78.9. The van der Waals surface area contributed by atoms with Gasteiger partial charge in [0, 0.05) is 0 Å². The van der Waals surface area contributed by atoms with Crippen molar-refractivity contribution in [3.8, 4) is 0 Å². The van der Waals surface area contributed by atoms with E-state index in [-0.39, 0.29) is 22.6 Å². The summed E-state index contributed by atoms with van der Waals surface area (Å²) in [6, 6.07) is 7.89. The van der Waals surface area contributed by atoms with E-state index in [9.17, 15) is 26.0 Å². The fraction of sp³-hybridized carbons (Fsp3) is 0.294. The van der Waals surface area contributed by atoms with E-state index in [1.165, 1.54) is 18.2 Å². The van der Waals surface area contributed by atoms with Crippen molar-refractivity contribution in [1.29, 1.82) is 0 Å². The van der Waals surface area contributed by atoms with Crippen LogP contribution in [0.15, 0.2) is 47.4 Å². The van der Waals surface area contributed by atoms with E-state index in [2.05, 4.69) is 0 Å². The Morgan fingerprint density at radius 1 is 1.12 bits per heavy atom. The van der Waals surface area contributed by atoms with Crippen molar-refractivity contribution in [3.05, 3.63) is 59.4 Å². The molecule has 8 heteroatoms. The second kappa shape index (κ2) is 6.01. The van der Waals surface area contributed by atoms with Crippen molar-refractivity contribution in [3.63, 3.8) is 0 Å². The van der Waals surface area contributed by atoms with Crippen LogP contribution in [-0.4, -0.2) is 20.6 Å². The summed E-state index contributed by atoms with van der Waals surface area (Å²) in [6.45, 7) is 1.77. The molecule has 3 rings (SSSR count). The summed E-state index contributed by atoms with van der Waals surface area (Å²) in [4.78, 5) is -0.0950. The number of halogens is 4. The van der Waals surface area contributed by atoms with E-state index in [1.54, 1.807) is 19.1 Å². The normalized spacial score (nSPS) is 17.6. The van der Waals surface area contributed by atoms with E-state index in [1.807, 2.05) is 0 Å². The number of sulfonamides is 1. The zero-order valence-electron chi connectivity index (χ0n) is 13.2. The lowest BCUT2D eigenvalue weighted by molar-refractivity contribution is -0.137. The molecule has 1 heterocycles. The Balaban J connectivity index is 2.10. The Bertz CT molecular complexity index is 892. The molecule has 0 fully saturated rings. The van der Waals surface area contributed by atoms with Crippen LogP contribution in [0, 0.1) is 12.7 Å². The van der Waals surface area contributed by atoms with Crippen molar-refractivity contribution in [2.75, 3.05) is 4.31 Å². The Morgan fingerprint density at radius 3 is 2.36 bits per heavy atom. The second-order valence-corrected chi connectivity index (χ2v) is 7.88. The average molecular weight is 373 g/mol. The maximum absolute atomic E-state index is 13.4. The molecule has 0 amide bonds. The topological polar surface area (TPSA) is 37.4 Å². The number of aryl methyl sites for hydroxylation is 1. The molecule has 0 aliphatic carbocycles. The number of nitrogens with zero attached hydrogens (tertiary/aromatic N) is 1. The molecular weight excluding hydrogens is 358 g/mol. The first-order valence-electron chi connectivity index (χ1n) is 7.54. The second-order valence-electron chi connectivity index (χ2n) is 6.06. The molecule has 3 nitrogen and oxygen atoms in total. The van der Waals surface area contributed by atoms with Crippen LogP contribution in [0.5, 0.6) is 0 Å². The van der Waals surface area contributed by atoms with E-state index in [4.69, 9.17) is 0 Å². The summed E-state index contributed by atoms with van der Waals surface area (Å²) >= 11 is 0. The van der Waals surface area contributed by atoms with Crippen LogP contribution in [-0.2, 0) is 16.4 Å². The molecule has 0 radical (unpaired) electrons. The largest absolute Gasteiger partial charge is 0.391 e. The first-order chi connectivity index (χ1) is 11.6. The molecule has 25 heavy (non-hydrogen) atoms. The van der Waals surface area contributed by atoms with E-state index < -0.39 is 34.5 Å². The van der Waals surface area contributed by atoms with Crippen molar-refractivity contribution in [1.82, 2.24) is 0 Å². The molecule has 1 aliphatic rings. The highest BCUT2D eigenvalue weighted by Gasteiger charge is 2.44. The molecule has 2 aromatic carbocycles. The minimum Gasteiger partial charge on any atom is -0.262 e. The summed E-state index contributed by atoms with van der Waals surface area (Å²) in [5.41, 5.74) is 1.18. The Morgan fingerprint density at radius 2 is 1.76 bits per heavy atom. The van der Waals surface area contributed by atoms with Crippen molar-refractivity contribution < 1.29 is 26.0 Å². The van der Waals surface area contributed by atoms with Gasteiger partial charge in [0.05, 0.1) is 23.0 Å². The third-order valence-corrected chi connectivity index (χ3v) is 5.99. The highest BCUT2D eigenvalue weighted by molar-refractivity contribution is 7.92. The smallest absolute Gasteiger partial charge is 0.262 e. The molecule has 1 atom stereocenters. The predicted molar refractivity (Wildman–Crippen MR) is 85.4 cm³/mol. The monoisotopic (exact) mass is 373 g/mol. The maximum atomic E-state index is 13.4. The number of hydrogen-bond acceptors (Lipinski definition) is 2. The van der Waals surface area contributed by atoms with Gasteiger partial charge in [0.2, 0.25) is 0 Å². The van der Waals surface area contributed by atoms with Gasteiger partial charge in [0.1, 0.15) is 5.82 Å². The van der Waals surface area contributed by atoms with Crippen LogP contribution in [0.3, 0.4) is 0 Å². The summed E-state index contributed by atoms with van der Waals surface area (Å²) in [7, 11) is -4.19. The van der Waals surface area contributed by atoms with E-state index in [0.717, 1.165) is 22.0 Å². The summed E-state index contributed by atoms with van der Waals surface area (Å²) in [6.07, 6.45) is -6.02. The van der Waals surface area contributed by atoms with Crippen molar-refractivity contribution >= 4 is 15.7 Å². The third kappa shape index (κ3) is 3.49. The van der Waals surface area contributed by atoms with Gasteiger partial charge in [-0.25, -0.2) is 12.8 Å². The molecule has 2 aromatic rings. The summed E-state index contributed by atoms with van der Waals surface area (Å²) in [5, 5.41) is 0. The van der Waals surface area contributed by atoms with Gasteiger partial charge in [-0.05, 0) is 49.2 Å². The summed E-state index contributed by atoms with van der Waals surface area (Å²) in [5.74, 6) is -0.612. The van der Waals surface area contributed by atoms with Crippen LogP contribution >= 0.6 is 0 Å². The van der Waals surface area contributed by atoms with Crippen molar-refractivity contribution in [2.45, 2.75) is 36.9 Å². The van der Waals surface area contributed by atoms with Crippen LogP contribution in [0.25, 0.3) is 0 Å². The van der Waals surface area contributed by atoms with E-state index in [0.29, 0.717) is 0 Å². The molecule has 0 spiro atoms. The standard InChI is InChI=1S/C17H15F4NO2S/c1-11-2-5-15(6-3-11)25(23,24)22-14(10-17(19,20)21)9-12-8-13(18)4-7-16(12)22/h2-8,14H,9-10H2,1H3.